The van der Waals surface area contributed by atoms with Crippen LogP contribution >= 0.6 is 0 Å². The van der Waals surface area contributed by atoms with E-state index in [2.05, 4.69) is 21.1 Å². The zero-order valence-corrected chi connectivity index (χ0v) is 13.5. The van der Waals surface area contributed by atoms with Crippen LogP contribution in [-0.4, -0.2) is 29.1 Å². The third kappa shape index (κ3) is 3.32. The van der Waals surface area contributed by atoms with E-state index in [4.69, 9.17) is 9.26 Å². The smallest absolute Gasteiger partial charge is 0.265 e. The molecule has 0 spiro atoms. The molecule has 3 rings (SSSR count). The number of benzene rings is 1. The van der Waals surface area contributed by atoms with Crippen molar-refractivity contribution in [2.75, 3.05) is 16.0 Å². The number of aryl methyl sites for hydroxylation is 1. The number of aromatic nitrogens is 1. The number of anilines is 3. The van der Waals surface area contributed by atoms with Crippen molar-refractivity contribution in [2.24, 2.45) is 0 Å². The Morgan fingerprint density at radius 3 is 2.88 bits per heavy atom. The second-order valence-corrected chi connectivity index (χ2v) is 5.65. The predicted octanol–water partition coefficient (Wildman–Crippen LogP) is 2.14. The van der Waals surface area contributed by atoms with E-state index in [0.717, 1.165) is 0 Å². The second kappa shape index (κ2) is 6.23. The number of ether oxygens (including phenoxy) is 1. The molecule has 0 aliphatic carbocycles. The van der Waals surface area contributed by atoms with Gasteiger partial charge in [-0.1, -0.05) is 5.16 Å². The van der Waals surface area contributed by atoms with Crippen LogP contribution in [0.4, 0.5) is 17.3 Å². The summed E-state index contributed by atoms with van der Waals surface area (Å²) >= 11 is 0. The first-order chi connectivity index (χ1) is 11.4. The van der Waals surface area contributed by atoms with Gasteiger partial charge in [0.1, 0.15) is 11.8 Å². The molecule has 2 amide bonds. The Labute approximate surface area is 138 Å². The van der Waals surface area contributed by atoms with E-state index in [9.17, 15) is 9.59 Å². The fraction of sp³-hybridized carbons (Fsp3) is 0.312. The second-order valence-electron chi connectivity index (χ2n) is 5.65. The topological polar surface area (TPSA) is 105 Å². The summed E-state index contributed by atoms with van der Waals surface area (Å²) in [6, 6.07) is 6.37. The molecule has 0 radical (unpaired) electrons. The number of nitrogens with one attached hydrogen (secondary N) is 3. The number of hydrogen-bond donors (Lipinski definition) is 3. The Hall–Kier alpha value is -3.03. The molecule has 1 aromatic carbocycles. The van der Waals surface area contributed by atoms with E-state index in [1.54, 1.807) is 45.0 Å². The Morgan fingerprint density at radius 1 is 1.38 bits per heavy atom. The van der Waals surface area contributed by atoms with Crippen molar-refractivity contribution in [3.63, 3.8) is 0 Å². The van der Waals surface area contributed by atoms with Gasteiger partial charge in [-0.15, -0.1) is 0 Å². The Morgan fingerprint density at radius 2 is 2.17 bits per heavy atom. The summed E-state index contributed by atoms with van der Waals surface area (Å²) in [6.45, 7) is 5.17. The van der Waals surface area contributed by atoms with Gasteiger partial charge in [0.25, 0.3) is 5.91 Å². The van der Waals surface area contributed by atoms with Crippen LogP contribution in [0.2, 0.25) is 0 Å². The van der Waals surface area contributed by atoms with Crippen LogP contribution in [0.3, 0.4) is 0 Å². The molecule has 24 heavy (non-hydrogen) atoms. The molecule has 1 aliphatic rings. The molecule has 0 bridgehead atoms. The van der Waals surface area contributed by atoms with E-state index in [1.807, 2.05) is 0 Å². The monoisotopic (exact) mass is 330 g/mol. The summed E-state index contributed by atoms with van der Waals surface area (Å²) in [5, 5.41) is 12.2. The zero-order chi connectivity index (χ0) is 17.3. The van der Waals surface area contributed by atoms with Crippen LogP contribution in [0.5, 0.6) is 5.75 Å². The van der Waals surface area contributed by atoms with E-state index in [0.29, 0.717) is 28.7 Å². The Kier molecular flexibility index (Phi) is 4.11. The van der Waals surface area contributed by atoms with Gasteiger partial charge in [-0.2, -0.15) is 0 Å². The number of rotatable bonds is 4. The van der Waals surface area contributed by atoms with Gasteiger partial charge in [0.05, 0.1) is 11.4 Å². The lowest BCUT2D eigenvalue weighted by molar-refractivity contribution is -0.122. The highest BCUT2D eigenvalue weighted by molar-refractivity contribution is 5.98. The largest absolute Gasteiger partial charge is 0.479 e. The molecule has 2 unspecified atom stereocenters. The first kappa shape index (κ1) is 15.9. The molecule has 8 heteroatoms. The summed E-state index contributed by atoms with van der Waals surface area (Å²) in [7, 11) is 0. The number of carbonyl (C=O) groups is 2. The number of hydrogen-bond acceptors (Lipinski definition) is 6. The van der Waals surface area contributed by atoms with Crippen LogP contribution in [0.15, 0.2) is 28.8 Å². The van der Waals surface area contributed by atoms with Gasteiger partial charge in [0.2, 0.25) is 11.8 Å². The summed E-state index contributed by atoms with van der Waals surface area (Å²) in [5.74, 6) is 0.428. The van der Waals surface area contributed by atoms with Gasteiger partial charge in [-0.3, -0.25) is 14.9 Å². The van der Waals surface area contributed by atoms with Gasteiger partial charge >= 0.3 is 0 Å². The van der Waals surface area contributed by atoms with Crippen molar-refractivity contribution in [3.8, 4) is 5.75 Å². The van der Waals surface area contributed by atoms with Crippen molar-refractivity contribution >= 4 is 29.1 Å². The van der Waals surface area contributed by atoms with Crippen LogP contribution < -0.4 is 20.7 Å². The lowest BCUT2D eigenvalue weighted by Crippen LogP contribution is -2.34. The molecular formula is C16H18N4O4. The Balaban J connectivity index is 1.66. The van der Waals surface area contributed by atoms with E-state index >= 15 is 0 Å². The van der Waals surface area contributed by atoms with E-state index in [-0.39, 0.29) is 11.8 Å². The fourth-order valence-corrected chi connectivity index (χ4v) is 2.27. The van der Waals surface area contributed by atoms with Gasteiger partial charge in [-0.05, 0) is 39.0 Å². The highest BCUT2D eigenvalue weighted by Gasteiger charge is 2.24. The molecule has 2 atom stereocenters. The standard InChI is InChI=1S/C16H18N4O4/c1-8-6-14(24-20-8)19-15(21)9(2)17-11-4-5-13-12(7-11)18-16(22)10(3)23-13/h4-7,9-10,17H,1-3H3,(H,18,22)(H,19,21). The third-order valence-electron chi connectivity index (χ3n) is 3.56. The maximum atomic E-state index is 12.2. The lowest BCUT2D eigenvalue weighted by Gasteiger charge is -2.24. The molecule has 1 aromatic heterocycles. The maximum Gasteiger partial charge on any atom is 0.265 e. The van der Waals surface area contributed by atoms with Gasteiger partial charge < -0.3 is 19.9 Å². The average Bonchev–Trinajstić information content (AvgIpc) is 2.93. The minimum Gasteiger partial charge on any atom is -0.479 e. The third-order valence-corrected chi connectivity index (χ3v) is 3.56. The fourth-order valence-electron chi connectivity index (χ4n) is 2.27. The maximum absolute atomic E-state index is 12.2. The number of fused-ring (bicyclic) bond motifs is 1. The first-order valence-corrected chi connectivity index (χ1v) is 7.54. The predicted molar refractivity (Wildman–Crippen MR) is 88.1 cm³/mol. The molecule has 0 saturated heterocycles. The highest BCUT2D eigenvalue weighted by atomic mass is 16.5. The molecule has 126 valence electrons. The SMILES string of the molecule is Cc1cc(NC(=O)C(C)Nc2ccc3c(c2)NC(=O)C(C)O3)on1. The van der Waals surface area contributed by atoms with E-state index < -0.39 is 12.1 Å². The quantitative estimate of drug-likeness (QED) is 0.793. The number of carbonyl (C=O) groups excluding carboxylic acids is 2. The Bertz CT molecular complexity index is 786. The molecule has 8 nitrogen and oxygen atoms in total. The molecule has 0 fully saturated rings. The number of amides is 2. The summed E-state index contributed by atoms with van der Waals surface area (Å²) in [4.78, 5) is 23.8. The molecule has 3 N–H and O–H groups in total. The average molecular weight is 330 g/mol. The van der Waals surface area contributed by atoms with Crippen molar-refractivity contribution in [1.29, 1.82) is 0 Å². The van der Waals surface area contributed by atoms with Gasteiger partial charge in [-0.25, -0.2) is 0 Å². The van der Waals surface area contributed by atoms with Crippen molar-refractivity contribution in [1.82, 2.24) is 5.16 Å². The van der Waals surface area contributed by atoms with E-state index in [1.165, 1.54) is 0 Å². The van der Waals surface area contributed by atoms with Crippen molar-refractivity contribution in [3.05, 3.63) is 30.0 Å². The van der Waals surface area contributed by atoms with Gasteiger partial charge in [0, 0.05) is 11.8 Å². The van der Waals surface area contributed by atoms with Crippen LogP contribution in [0.25, 0.3) is 0 Å². The van der Waals surface area contributed by atoms with Crippen LogP contribution in [-0.2, 0) is 9.59 Å². The number of nitrogens with zero attached hydrogens (tertiary/aromatic N) is 1. The van der Waals surface area contributed by atoms with Gasteiger partial charge in [0.15, 0.2) is 6.10 Å². The summed E-state index contributed by atoms with van der Waals surface area (Å²) in [6.07, 6.45) is -0.522. The van der Waals surface area contributed by atoms with Crippen LogP contribution in [0, 0.1) is 6.92 Å². The van der Waals surface area contributed by atoms with Crippen molar-refractivity contribution in [2.45, 2.75) is 32.9 Å². The van der Waals surface area contributed by atoms with Crippen LogP contribution in [0.1, 0.15) is 19.5 Å². The summed E-state index contributed by atoms with van der Waals surface area (Å²) < 4.78 is 10.5. The molecule has 0 saturated carbocycles. The molecule has 2 aromatic rings. The van der Waals surface area contributed by atoms with Crippen molar-refractivity contribution < 1.29 is 18.8 Å². The lowest BCUT2D eigenvalue weighted by atomic mass is 10.2. The normalized spacial score (nSPS) is 17.3. The summed E-state index contributed by atoms with van der Waals surface area (Å²) in [5.41, 5.74) is 1.94. The minimum atomic E-state index is -0.522. The minimum absolute atomic E-state index is 0.203. The molecule has 1 aliphatic heterocycles. The zero-order valence-electron chi connectivity index (χ0n) is 13.5. The highest BCUT2D eigenvalue weighted by Crippen LogP contribution is 2.32. The molecular weight excluding hydrogens is 312 g/mol. The molecule has 2 heterocycles. The first-order valence-electron chi connectivity index (χ1n) is 7.54.